The van der Waals surface area contributed by atoms with E-state index in [-0.39, 0.29) is 10.6 Å². The van der Waals surface area contributed by atoms with Crippen LogP contribution in [0.15, 0.2) is 27.6 Å². The van der Waals surface area contributed by atoms with Crippen LogP contribution in [0.1, 0.15) is 21.7 Å². The molecule has 0 atom stereocenters. The second-order valence-electron chi connectivity index (χ2n) is 4.27. The predicted molar refractivity (Wildman–Crippen MR) is 79.2 cm³/mol. The number of fused-ring (bicyclic) bond motifs is 1. The lowest BCUT2D eigenvalue weighted by Crippen LogP contribution is -2.18. The summed E-state index contributed by atoms with van der Waals surface area (Å²) in [7, 11) is 0. The van der Waals surface area contributed by atoms with Crippen molar-refractivity contribution in [2.75, 3.05) is 0 Å². The number of carbonyl (C=O) groups is 1. The number of thioether (sulfide) groups is 1. The molecule has 0 unspecified atom stereocenters. The monoisotopic (exact) mass is 322 g/mol. The van der Waals surface area contributed by atoms with Crippen LogP contribution in [0.4, 0.5) is 0 Å². The van der Waals surface area contributed by atoms with Crippen LogP contribution in [-0.2, 0) is 5.75 Å². The fraction of sp³-hybridized carbons (Fsp3) is 0.167. The van der Waals surface area contributed by atoms with E-state index in [2.05, 4.69) is 15.0 Å². The Labute approximate surface area is 126 Å². The minimum atomic E-state index is -1.11. The Kier molecular flexibility index (Phi) is 3.52. The number of hydrogen-bond donors (Lipinski definition) is 2. The fourth-order valence-corrected chi connectivity index (χ4v) is 3.58. The van der Waals surface area contributed by atoms with Crippen molar-refractivity contribution < 1.29 is 9.90 Å². The third kappa shape index (κ3) is 2.69. The molecule has 0 aliphatic rings. The summed E-state index contributed by atoms with van der Waals surface area (Å²) < 4.78 is 1.90. The Morgan fingerprint density at radius 1 is 1.52 bits per heavy atom. The second-order valence-corrected chi connectivity index (χ2v) is 6.10. The van der Waals surface area contributed by atoms with Crippen LogP contribution in [0, 0.1) is 6.92 Å². The van der Waals surface area contributed by atoms with Crippen molar-refractivity contribution in [1.82, 2.24) is 19.4 Å². The zero-order valence-corrected chi connectivity index (χ0v) is 12.5. The van der Waals surface area contributed by atoms with Crippen molar-refractivity contribution in [3.63, 3.8) is 0 Å². The Morgan fingerprint density at radius 3 is 3.05 bits per heavy atom. The highest BCUT2D eigenvalue weighted by Gasteiger charge is 2.17. The van der Waals surface area contributed by atoms with Gasteiger partial charge >= 0.3 is 11.7 Å². The lowest BCUT2D eigenvalue weighted by atomic mass is 10.2. The number of aryl methyl sites for hydroxylation is 1. The molecule has 3 heterocycles. The van der Waals surface area contributed by atoms with Gasteiger partial charge in [-0.25, -0.2) is 14.6 Å². The first kappa shape index (κ1) is 13.8. The van der Waals surface area contributed by atoms with E-state index in [0.29, 0.717) is 11.4 Å². The minimum Gasteiger partial charge on any atom is -0.478 e. The van der Waals surface area contributed by atoms with Crippen molar-refractivity contribution in [2.45, 2.75) is 17.7 Å². The van der Waals surface area contributed by atoms with Crippen LogP contribution in [0.2, 0.25) is 0 Å². The smallest absolute Gasteiger partial charge is 0.346 e. The molecule has 3 rings (SSSR count). The maximum Gasteiger partial charge on any atom is 0.346 e. The molecule has 0 fully saturated rings. The summed E-state index contributed by atoms with van der Waals surface area (Å²) in [5.74, 6) is -0.658. The number of nitrogens with one attached hydrogen (secondary N) is 1. The number of carboxylic acid groups (broad SMARTS) is 1. The molecule has 0 radical (unpaired) electrons. The van der Waals surface area contributed by atoms with Gasteiger partial charge in [-0.2, -0.15) is 4.98 Å². The van der Waals surface area contributed by atoms with Gasteiger partial charge in [0.15, 0.2) is 4.96 Å². The number of imidazole rings is 1. The topological polar surface area (TPSA) is 100 Å². The largest absolute Gasteiger partial charge is 0.478 e. The van der Waals surface area contributed by atoms with Gasteiger partial charge in [-0.3, -0.25) is 4.40 Å². The fourth-order valence-electron chi connectivity index (χ4n) is 1.90. The zero-order valence-electron chi connectivity index (χ0n) is 10.9. The van der Waals surface area contributed by atoms with E-state index in [1.165, 1.54) is 23.1 Å². The average Bonchev–Trinajstić information content (AvgIpc) is 2.95. The quantitative estimate of drug-likeness (QED) is 0.561. The number of aromatic carboxylic acids is 1. The molecule has 3 aromatic heterocycles. The zero-order chi connectivity index (χ0) is 15.0. The lowest BCUT2D eigenvalue weighted by Gasteiger charge is -2.05. The molecule has 0 saturated carbocycles. The number of aromatic amines is 1. The van der Waals surface area contributed by atoms with Gasteiger partial charge in [-0.1, -0.05) is 11.8 Å². The summed E-state index contributed by atoms with van der Waals surface area (Å²) in [4.78, 5) is 34.1. The van der Waals surface area contributed by atoms with E-state index in [0.717, 1.165) is 10.7 Å². The highest BCUT2D eigenvalue weighted by Crippen LogP contribution is 2.25. The first-order valence-electron chi connectivity index (χ1n) is 5.92. The molecule has 0 spiro atoms. The van der Waals surface area contributed by atoms with E-state index >= 15 is 0 Å². The normalized spacial score (nSPS) is 11.1. The summed E-state index contributed by atoms with van der Waals surface area (Å²) >= 11 is 2.71. The van der Waals surface area contributed by atoms with Gasteiger partial charge in [0.05, 0.1) is 5.69 Å². The van der Waals surface area contributed by atoms with Crippen LogP contribution in [0.25, 0.3) is 4.96 Å². The summed E-state index contributed by atoms with van der Waals surface area (Å²) in [6.45, 7) is 1.54. The van der Waals surface area contributed by atoms with Crippen LogP contribution in [0.5, 0.6) is 0 Å². The predicted octanol–water partition coefficient (Wildman–Crippen LogP) is 1.78. The van der Waals surface area contributed by atoms with Gasteiger partial charge in [-0.15, -0.1) is 11.3 Å². The maximum atomic E-state index is 11.4. The summed E-state index contributed by atoms with van der Waals surface area (Å²) in [6.07, 6.45) is 3.78. The molecule has 2 N–H and O–H groups in total. The van der Waals surface area contributed by atoms with E-state index in [1.807, 2.05) is 22.2 Å². The summed E-state index contributed by atoms with van der Waals surface area (Å²) in [5, 5.41) is 11.4. The third-order valence-corrected chi connectivity index (χ3v) is 4.58. The molecule has 108 valence electrons. The van der Waals surface area contributed by atoms with Crippen molar-refractivity contribution in [1.29, 1.82) is 0 Å². The Hall–Kier alpha value is -2.13. The number of carboxylic acids is 1. The van der Waals surface area contributed by atoms with E-state index in [1.54, 1.807) is 6.92 Å². The molecule has 0 aromatic carbocycles. The van der Waals surface area contributed by atoms with Crippen LogP contribution in [0.3, 0.4) is 0 Å². The standard InChI is InChI=1S/C12H10N4O3S2/c1-6-8(10(17)18)9(15-11(19)13-6)21-5-7-4-16-2-3-20-12(16)14-7/h2-4H,5H2,1H3,(H,17,18)(H,13,15,19). The molecule has 3 aromatic rings. The van der Waals surface area contributed by atoms with Gasteiger partial charge in [0.25, 0.3) is 0 Å². The van der Waals surface area contributed by atoms with Gasteiger partial charge in [0, 0.05) is 29.2 Å². The molecule has 0 aliphatic carbocycles. The van der Waals surface area contributed by atoms with Gasteiger partial charge in [-0.05, 0) is 6.92 Å². The maximum absolute atomic E-state index is 11.4. The van der Waals surface area contributed by atoms with Gasteiger partial charge < -0.3 is 10.1 Å². The minimum absolute atomic E-state index is 0.0284. The Balaban J connectivity index is 1.89. The van der Waals surface area contributed by atoms with Crippen molar-refractivity contribution in [3.8, 4) is 0 Å². The van der Waals surface area contributed by atoms with Crippen molar-refractivity contribution >= 4 is 34.0 Å². The number of thiazole rings is 1. The first-order chi connectivity index (χ1) is 10.0. The molecule has 9 heteroatoms. The second kappa shape index (κ2) is 5.34. The van der Waals surface area contributed by atoms with Crippen LogP contribution >= 0.6 is 23.1 Å². The lowest BCUT2D eigenvalue weighted by molar-refractivity contribution is 0.0690. The summed E-state index contributed by atoms with van der Waals surface area (Å²) in [6, 6.07) is 0. The molecular formula is C12H10N4O3S2. The highest BCUT2D eigenvalue weighted by atomic mass is 32.2. The molecule has 0 bridgehead atoms. The Bertz CT molecular complexity index is 852. The van der Waals surface area contributed by atoms with Crippen LogP contribution in [-0.4, -0.2) is 30.4 Å². The Morgan fingerprint density at radius 2 is 2.33 bits per heavy atom. The number of nitrogens with zero attached hydrogens (tertiary/aromatic N) is 3. The third-order valence-electron chi connectivity index (χ3n) is 2.80. The number of rotatable bonds is 4. The molecule has 7 nitrogen and oxygen atoms in total. The van der Waals surface area contributed by atoms with Crippen LogP contribution < -0.4 is 5.69 Å². The molecule has 0 aliphatic heterocycles. The molecular weight excluding hydrogens is 312 g/mol. The van der Waals surface area contributed by atoms with Gasteiger partial charge in [0.1, 0.15) is 10.6 Å². The summed E-state index contributed by atoms with van der Waals surface area (Å²) in [5.41, 5.74) is 0.588. The van der Waals surface area contributed by atoms with Crippen molar-refractivity contribution in [2.24, 2.45) is 0 Å². The molecule has 21 heavy (non-hydrogen) atoms. The molecule has 0 saturated heterocycles. The van der Waals surface area contributed by atoms with Crippen molar-refractivity contribution in [3.05, 3.63) is 45.2 Å². The number of hydrogen-bond acceptors (Lipinski definition) is 6. The highest BCUT2D eigenvalue weighted by molar-refractivity contribution is 7.98. The van der Waals surface area contributed by atoms with E-state index in [4.69, 9.17) is 0 Å². The SMILES string of the molecule is Cc1[nH]c(=O)nc(SCc2cn3ccsc3n2)c1C(=O)O. The van der Waals surface area contributed by atoms with E-state index < -0.39 is 11.7 Å². The number of aromatic nitrogens is 4. The number of H-pyrrole nitrogens is 1. The average molecular weight is 322 g/mol. The van der Waals surface area contributed by atoms with E-state index in [9.17, 15) is 14.7 Å². The van der Waals surface area contributed by atoms with Gasteiger partial charge in [0.2, 0.25) is 0 Å². The molecule has 0 amide bonds. The first-order valence-corrected chi connectivity index (χ1v) is 7.79.